The van der Waals surface area contributed by atoms with Crippen molar-refractivity contribution in [2.75, 3.05) is 45.9 Å². The Morgan fingerprint density at radius 3 is 2.52 bits per heavy atom. The fraction of sp³-hybridized carbons (Fsp3) is 0.435. The van der Waals surface area contributed by atoms with Gasteiger partial charge in [-0.25, -0.2) is 4.99 Å². The standard InChI is InChI=1S/C23H33N3O4.HI/c1-5-24-23(25-17-18-11-12-21(28-4)22(15-18)29-6-2)26-19-9-7-10-20(16-19)30-14-8-13-27-3;/h7,9-12,15-16H,5-6,8,13-14,17H2,1-4H3,(H2,24,25,26);1H. The highest BCUT2D eigenvalue weighted by molar-refractivity contribution is 14.0. The molecule has 0 bridgehead atoms. The SMILES string of the molecule is CCNC(=NCc1ccc(OC)c(OCC)c1)Nc1cccc(OCCCOC)c1.I. The molecule has 0 spiro atoms. The van der Waals surface area contributed by atoms with Crippen LogP contribution in [0.15, 0.2) is 47.5 Å². The average Bonchev–Trinajstić information content (AvgIpc) is 2.76. The highest BCUT2D eigenvalue weighted by Gasteiger charge is 2.06. The molecule has 0 atom stereocenters. The summed E-state index contributed by atoms with van der Waals surface area (Å²) in [6, 6.07) is 13.7. The average molecular weight is 543 g/mol. The van der Waals surface area contributed by atoms with E-state index in [0.717, 1.165) is 41.5 Å². The summed E-state index contributed by atoms with van der Waals surface area (Å²) in [6.45, 7) is 7.13. The highest BCUT2D eigenvalue weighted by Crippen LogP contribution is 2.28. The van der Waals surface area contributed by atoms with Crippen LogP contribution in [-0.2, 0) is 11.3 Å². The van der Waals surface area contributed by atoms with Crippen LogP contribution in [-0.4, -0.2) is 46.5 Å². The summed E-state index contributed by atoms with van der Waals surface area (Å²) in [7, 11) is 3.33. The molecule has 2 rings (SSSR count). The first kappa shape index (κ1) is 26.8. The third kappa shape index (κ3) is 9.65. The summed E-state index contributed by atoms with van der Waals surface area (Å²) in [5, 5.41) is 6.60. The number of hydrogen-bond acceptors (Lipinski definition) is 5. The van der Waals surface area contributed by atoms with E-state index in [2.05, 4.69) is 10.6 Å². The molecule has 0 aromatic heterocycles. The molecule has 0 saturated heterocycles. The molecule has 2 aromatic rings. The van der Waals surface area contributed by atoms with E-state index in [1.807, 2.05) is 56.3 Å². The van der Waals surface area contributed by atoms with Crippen LogP contribution in [0.4, 0.5) is 5.69 Å². The van der Waals surface area contributed by atoms with Crippen molar-refractivity contribution in [3.8, 4) is 17.2 Å². The molecule has 0 amide bonds. The van der Waals surface area contributed by atoms with Crippen LogP contribution in [0.3, 0.4) is 0 Å². The van der Waals surface area contributed by atoms with Gasteiger partial charge in [0, 0.05) is 38.4 Å². The molecule has 31 heavy (non-hydrogen) atoms. The number of rotatable bonds is 12. The number of aliphatic imine (C=N–C) groups is 1. The highest BCUT2D eigenvalue weighted by atomic mass is 127. The number of nitrogens with zero attached hydrogens (tertiary/aromatic N) is 1. The van der Waals surface area contributed by atoms with Gasteiger partial charge in [-0.15, -0.1) is 24.0 Å². The maximum atomic E-state index is 5.77. The molecule has 0 heterocycles. The Bertz CT molecular complexity index is 802. The van der Waals surface area contributed by atoms with E-state index in [0.29, 0.717) is 32.3 Å². The molecular formula is C23H34IN3O4. The Balaban J connectivity index is 0.00000480. The van der Waals surface area contributed by atoms with Crippen molar-refractivity contribution in [3.05, 3.63) is 48.0 Å². The second-order valence-electron chi connectivity index (χ2n) is 6.46. The first-order valence-corrected chi connectivity index (χ1v) is 10.3. The topological polar surface area (TPSA) is 73.3 Å². The van der Waals surface area contributed by atoms with Crippen molar-refractivity contribution in [2.24, 2.45) is 4.99 Å². The number of methoxy groups -OCH3 is 2. The van der Waals surface area contributed by atoms with Gasteiger partial charge >= 0.3 is 0 Å². The van der Waals surface area contributed by atoms with Gasteiger partial charge in [-0.05, 0) is 43.7 Å². The van der Waals surface area contributed by atoms with Gasteiger partial charge < -0.3 is 29.6 Å². The lowest BCUT2D eigenvalue weighted by Gasteiger charge is -2.13. The van der Waals surface area contributed by atoms with Gasteiger partial charge in [0.1, 0.15) is 5.75 Å². The van der Waals surface area contributed by atoms with E-state index < -0.39 is 0 Å². The van der Waals surface area contributed by atoms with Crippen molar-refractivity contribution in [1.29, 1.82) is 0 Å². The number of guanidine groups is 1. The zero-order valence-electron chi connectivity index (χ0n) is 18.8. The monoisotopic (exact) mass is 543 g/mol. The van der Waals surface area contributed by atoms with Crippen LogP contribution in [0.25, 0.3) is 0 Å². The van der Waals surface area contributed by atoms with Crippen molar-refractivity contribution < 1.29 is 18.9 Å². The number of nitrogens with one attached hydrogen (secondary N) is 2. The normalized spacial score (nSPS) is 10.8. The molecule has 2 N–H and O–H groups in total. The first-order chi connectivity index (χ1) is 14.7. The second kappa shape index (κ2) is 15.6. The number of benzene rings is 2. The van der Waals surface area contributed by atoms with E-state index in [1.54, 1.807) is 14.2 Å². The molecule has 7 nitrogen and oxygen atoms in total. The minimum atomic E-state index is 0. The molecule has 0 saturated carbocycles. The molecular weight excluding hydrogens is 509 g/mol. The molecule has 8 heteroatoms. The molecule has 172 valence electrons. The molecule has 0 unspecified atom stereocenters. The van der Waals surface area contributed by atoms with Crippen LogP contribution in [0.1, 0.15) is 25.8 Å². The summed E-state index contributed by atoms with van der Waals surface area (Å²) in [5.74, 6) is 2.95. The number of ether oxygens (including phenoxy) is 4. The maximum absolute atomic E-state index is 5.77. The molecule has 2 aromatic carbocycles. The zero-order chi connectivity index (χ0) is 21.6. The van der Waals surface area contributed by atoms with E-state index in [1.165, 1.54) is 0 Å². The zero-order valence-corrected chi connectivity index (χ0v) is 21.1. The summed E-state index contributed by atoms with van der Waals surface area (Å²) in [5.41, 5.74) is 1.94. The summed E-state index contributed by atoms with van der Waals surface area (Å²) in [4.78, 5) is 4.69. The first-order valence-electron chi connectivity index (χ1n) is 10.3. The van der Waals surface area contributed by atoms with Crippen LogP contribution >= 0.6 is 24.0 Å². The second-order valence-corrected chi connectivity index (χ2v) is 6.46. The molecule has 0 aliphatic rings. The lowest BCUT2D eigenvalue weighted by Crippen LogP contribution is -2.30. The minimum absolute atomic E-state index is 0. The summed E-state index contributed by atoms with van der Waals surface area (Å²) in [6.07, 6.45) is 0.851. The number of anilines is 1. The summed E-state index contributed by atoms with van der Waals surface area (Å²) < 4.78 is 21.8. The number of halogens is 1. The number of hydrogen-bond donors (Lipinski definition) is 2. The van der Waals surface area contributed by atoms with Crippen molar-refractivity contribution >= 4 is 35.6 Å². The van der Waals surface area contributed by atoms with Gasteiger partial charge in [-0.2, -0.15) is 0 Å². The van der Waals surface area contributed by atoms with Crippen LogP contribution in [0, 0.1) is 0 Å². The Labute approximate surface area is 202 Å². The van der Waals surface area contributed by atoms with E-state index in [4.69, 9.17) is 23.9 Å². The fourth-order valence-corrected chi connectivity index (χ4v) is 2.76. The Hall–Kier alpha value is -2.20. The fourth-order valence-electron chi connectivity index (χ4n) is 2.76. The molecule has 0 radical (unpaired) electrons. The Morgan fingerprint density at radius 2 is 1.81 bits per heavy atom. The van der Waals surface area contributed by atoms with Gasteiger partial charge in [0.15, 0.2) is 17.5 Å². The predicted octanol–water partition coefficient (Wildman–Crippen LogP) is 4.70. The molecule has 0 aliphatic heterocycles. The van der Waals surface area contributed by atoms with Crippen molar-refractivity contribution in [1.82, 2.24) is 5.32 Å². The minimum Gasteiger partial charge on any atom is -0.493 e. The largest absolute Gasteiger partial charge is 0.493 e. The van der Waals surface area contributed by atoms with Gasteiger partial charge in [0.05, 0.1) is 26.9 Å². The Kier molecular flexibility index (Phi) is 13.5. The van der Waals surface area contributed by atoms with E-state index in [9.17, 15) is 0 Å². The quantitative estimate of drug-likeness (QED) is 0.175. The van der Waals surface area contributed by atoms with Gasteiger partial charge in [-0.3, -0.25) is 0 Å². The van der Waals surface area contributed by atoms with Crippen molar-refractivity contribution in [2.45, 2.75) is 26.8 Å². The lowest BCUT2D eigenvalue weighted by molar-refractivity contribution is 0.172. The smallest absolute Gasteiger partial charge is 0.196 e. The van der Waals surface area contributed by atoms with E-state index in [-0.39, 0.29) is 24.0 Å². The van der Waals surface area contributed by atoms with Gasteiger partial charge in [0.2, 0.25) is 0 Å². The predicted molar refractivity (Wildman–Crippen MR) is 136 cm³/mol. The molecule has 0 aliphatic carbocycles. The van der Waals surface area contributed by atoms with Crippen LogP contribution in [0.5, 0.6) is 17.2 Å². The van der Waals surface area contributed by atoms with Crippen molar-refractivity contribution in [3.63, 3.8) is 0 Å². The maximum Gasteiger partial charge on any atom is 0.196 e. The third-order valence-electron chi connectivity index (χ3n) is 4.15. The van der Waals surface area contributed by atoms with E-state index >= 15 is 0 Å². The van der Waals surface area contributed by atoms with Crippen LogP contribution in [0.2, 0.25) is 0 Å². The molecule has 0 fully saturated rings. The van der Waals surface area contributed by atoms with Crippen LogP contribution < -0.4 is 24.8 Å². The lowest BCUT2D eigenvalue weighted by atomic mass is 10.2. The third-order valence-corrected chi connectivity index (χ3v) is 4.15. The Morgan fingerprint density at radius 1 is 0.968 bits per heavy atom. The van der Waals surface area contributed by atoms with Gasteiger partial charge in [0.25, 0.3) is 0 Å². The van der Waals surface area contributed by atoms with Gasteiger partial charge in [-0.1, -0.05) is 12.1 Å². The summed E-state index contributed by atoms with van der Waals surface area (Å²) >= 11 is 0.